The second-order valence-electron chi connectivity index (χ2n) is 5.03. The van der Waals surface area contributed by atoms with Crippen LogP contribution in [0.4, 0.5) is 0 Å². The molecule has 0 aromatic heterocycles. The van der Waals surface area contributed by atoms with Gasteiger partial charge in [-0.05, 0) is 30.9 Å². The number of rotatable bonds is 4. The number of aliphatic hydroxyl groups is 1. The van der Waals surface area contributed by atoms with E-state index in [1.165, 1.54) is 7.11 Å². The standard InChI is InChI=1S/C14H19NO4/c1-15(8-9-6-10(16)7-9)14(18)11-4-3-5-12(19-2)13(11)17/h3-5,9-10,16-17H,6-8H2,1-2H3. The number of para-hydroxylation sites is 1. The fourth-order valence-electron chi connectivity index (χ4n) is 2.39. The SMILES string of the molecule is COc1cccc(C(=O)N(C)CC2CC(O)C2)c1O. The number of carbonyl (C=O) groups excluding carboxylic acids is 1. The largest absolute Gasteiger partial charge is 0.504 e. The van der Waals surface area contributed by atoms with Crippen LogP contribution in [-0.2, 0) is 0 Å². The third kappa shape index (κ3) is 2.81. The molecule has 104 valence electrons. The quantitative estimate of drug-likeness (QED) is 0.859. The molecule has 0 spiro atoms. The molecule has 2 rings (SSSR count). The first-order chi connectivity index (χ1) is 9.02. The minimum atomic E-state index is -0.238. The van der Waals surface area contributed by atoms with Crippen molar-refractivity contribution in [2.75, 3.05) is 20.7 Å². The van der Waals surface area contributed by atoms with Crippen LogP contribution in [0.25, 0.3) is 0 Å². The van der Waals surface area contributed by atoms with Crippen LogP contribution in [0.5, 0.6) is 11.5 Å². The predicted octanol–water partition coefficient (Wildman–Crippen LogP) is 1.24. The van der Waals surface area contributed by atoms with E-state index in [1.807, 2.05) is 0 Å². The molecule has 0 atom stereocenters. The van der Waals surface area contributed by atoms with E-state index in [4.69, 9.17) is 4.74 Å². The van der Waals surface area contributed by atoms with Gasteiger partial charge in [-0.2, -0.15) is 0 Å². The Morgan fingerprint density at radius 1 is 1.47 bits per heavy atom. The number of carbonyl (C=O) groups is 1. The maximum Gasteiger partial charge on any atom is 0.257 e. The number of ether oxygens (including phenoxy) is 1. The summed E-state index contributed by atoms with van der Waals surface area (Å²) in [6.07, 6.45) is 1.25. The Bertz CT molecular complexity index is 469. The molecule has 1 aliphatic carbocycles. The molecule has 0 unspecified atom stereocenters. The van der Waals surface area contributed by atoms with Gasteiger partial charge in [-0.25, -0.2) is 0 Å². The Balaban J connectivity index is 2.06. The summed E-state index contributed by atoms with van der Waals surface area (Å²) < 4.78 is 4.99. The fraction of sp³-hybridized carbons (Fsp3) is 0.500. The second kappa shape index (κ2) is 5.48. The Morgan fingerprint density at radius 3 is 2.74 bits per heavy atom. The minimum Gasteiger partial charge on any atom is -0.504 e. The van der Waals surface area contributed by atoms with Crippen molar-refractivity contribution in [2.24, 2.45) is 5.92 Å². The lowest BCUT2D eigenvalue weighted by atomic mass is 9.82. The number of aliphatic hydroxyl groups excluding tert-OH is 1. The number of benzene rings is 1. The van der Waals surface area contributed by atoms with Crippen molar-refractivity contribution >= 4 is 5.91 Å². The third-order valence-corrected chi connectivity index (χ3v) is 3.54. The molecule has 1 saturated carbocycles. The highest BCUT2D eigenvalue weighted by Gasteiger charge is 2.30. The molecule has 1 aromatic rings. The van der Waals surface area contributed by atoms with E-state index in [2.05, 4.69) is 0 Å². The average Bonchev–Trinajstić information content (AvgIpc) is 2.36. The van der Waals surface area contributed by atoms with Crippen LogP contribution in [0.1, 0.15) is 23.2 Å². The summed E-state index contributed by atoms with van der Waals surface area (Å²) in [5.41, 5.74) is 0.238. The summed E-state index contributed by atoms with van der Waals surface area (Å²) in [5, 5.41) is 19.2. The first-order valence-corrected chi connectivity index (χ1v) is 6.32. The zero-order valence-electron chi connectivity index (χ0n) is 11.2. The Morgan fingerprint density at radius 2 is 2.16 bits per heavy atom. The number of phenols is 1. The molecule has 1 aromatic carbocycles. The van der Waals surface area contributed by atoms with Gasteiger partial charge in [-0.1, -0.05) is 6.07 Å². The van der Waals surface area contributed by atoms with E-state index >= 15 is 0 Å². The number of amides is 1. The van der Waals surface area contributed by atoms with Gasteiger partial charge < -0.3 is 19.8 Å². The van der Waals surface area contributed by atoms with E-state index in [0.29, 0.717) is 18.2 Å². The summed E-state index contributed by atoms with van der Waals surface area (Å²) >= 11 is 0. The second-order valence-corrected chi connectivity index (χ2v) is 5.03. The number of methoxy groups -OCH3 is 1. The molecule has 1 aliphatic rings. The van der Waals surface area contributed by atoms with E-state index in [-0.39, 0.29) is 23.3 Å². The number of hydrogen-bond acceptors (Lipinski definition) is 4. The van der Waals surface area contributed by atoms with E-state index in [0.717, 1.165) is 12.8 Å². The van der Waals surface area contributed by atoms with Gasteiger partial charge in [0.15, 0.2) is 11.5 Å². The Hall–Kier alpha value is -1.75. The summed E-state index contributed by atoms with van der Waals surface area (Å²) in [6.45, 7) is 0.590. The van der Waals surface area contributed by atoms with Crippen molar-refractivity contribution in [2.45, 2.75) is 18.9 Å². The van der Waals surface area contributed by atoms with Crippen molar-refractivity contribution in [3.05, 3.63) is 23.8 Å². The smallest absolute Gasteiger partial charge is 0.257 e. The van der Waals surface area contributed by atoms with Gasteiger partial charge in [-0.3, -0.25) is 4.79 Å². The number of hydrogen-bond donors (Lipinski definition) is 2. The molecule has 1 amide bonds. The van der Waals surface area contributed by atoms with Gasteiger partial charge in [-0.15, -0.1) is 0 Å². The van der Waals surface area contributed by atoms with Gasteiger partial charge in [0.25, 0.3) is 5.91 Å². The molecule has 5 heteroatoms. The van der Waals surface area contributed by atoms with Crippen LogP contribution in [0, 0.1) is 5.92 Å². The van der Waals surface area contributed by atoms with Gasteiger partial charge in [0.1, 0.15) is 0 Å². The summed E-state index contributed by atoms with van der Waals surface area (Å²) in [5.74, 6) is 0.267. The van der Waals surface area contributed by atoms with E-state index in [9.17, 15) is 15.0 Å². The van der Waals surface area contributed by atoms with Crippen LogP contribution in [0.2, 0.25) is 0 Å². The highest BCUT2D eigenvalue weighted by Crippen LogP contribution is 2.31. The normalized spacial score (nSPS) is 21.6. The van der Waals surface area contributed by atoms with Crippen molar-refractivity contribution in [1.82, 2.24) is 4.90 Å². The third-order valence-electron chi connectivity index (χ3n) is 3.54. The summed E-state index contributed by atoms with van der Waals surface area (Å²) in [6, 6.07) is 4.85. The van der Waals surface area contributed by atoms with Crippen molar-refractivity contribution in [1.29, 1.82) is 0 Å². The van der Waals surface area contributed by atoms with Gasteiger partial charge in [0.05, 0.1) is 18.8 Å². The van der Waals surface area contributed by atoms with Crippen LogP contribution in [-0.4, -0.2) is 47.8 Å². The molecule has 19 heavy (non-hydrogen) atoms. The first-order valence-electron chi connectivity index (χ1n) is 6.32. The molecule has 2 N–H and O–H groups in total. The number of aromatic hydroxyl groups is 1. The topological polar surface area (TPSA) is 70.0 Å². The molecule has 0 saturated heterocycles. The number of phenolic OH excluding ortho intramolecular Hbond substituents is 1. The molecule has 5 nitrogen and oxygen atoms in total. The zero-order valence-corrected chi connectivity index (χ0v) is 11.2. The monoisotopic (exact) mass is 265 g/mol. The molecule has 0 bridgehead atoms. The van der Waals surface area contributed by atoms with Gasteiger partial charge in [0.2, 0.25) is 0 Å². The van der Waals surface area contributed by atoms with Crippen molar-refractivity contribution in [3.8, 4) is 11.5 Å². The van der Waals surface area contributed by atoms with Crippen molar-refractivity contribution < 1.29 is 19.7 Å². The highest BCUT2D eigenvalue weighted by molar-refractivity contribution is 5.97. The van der Waals surface area contributed by atoms with Crippen LogP contribution < -0.4 is 4.74 Å². The fourth-order valence-corrected chi connectivity index (χ4v) is 2.39. The lowest BCUT2D eigenvalue weighted by Crippen LogP contribution is -2.39. The lowest BCUT2D eigenvalue weighted by Gasteiger charge is -2.34. The van der Waals surface area contributed by atoms with Gasteiger partial charge >= 0.3 is 0 Å². The van der Waals surface area contributed by atoms with Crippen LogP contribution >= 0.6 is 0 Å². The van der Waals surface area contributed by atoms with Crippen LogP contribution in [0.15, 0.2) is 18.2 Å². The average molecular weight is 265 g/mol. The van der Waals surface area contributed by atoms with Crippen molar-refractivity contribution in [3.63, 3.8) is 0 Å². The van der Waals surface area contributed by atoms with E-state index in [1.54, 1.807) is 30.1 Å². The van der Waals surface area contributed by atoms with Crippen LogP contribution in [0.3, 0.4) is 0 Å². The zero-order chi connectivity index (χ0) is 14.0. The Labute approximate surface area is 112 Å². The molecule has 0 aliphatic heterocycles. The number of nitrogens with zero attached hydrogens (tertiary/aromatic N) is 1. The van der Waals surface area contributed by atoms with E-state index < -0.39 is 0 Å². The maximum absolute atomic E-state index is 12.2. The lowest BCUT2D eigenvalue weighted by molar-refractivity contribution is 0.0264. The predicted molar refractivity (Wildman–Crippen MR) is 70.4 cm³/mol. The minimum absolute atomic E-state index is 0.129. The van der Waals surface area contributed by atoms with Gasteiger partial charge in [0, 0.05) is 13.6 Å². The molecule has 0 heterocycles. The summed E-state index contributed by atoms with van der Waals surface area (Å²) in [7, 11) is 3.15. The Kier molecular flexibility index (Phi) is 3.95. The first kappa shape index (κ1) is 13.7. The molecule has 0 radical (unpaired) electrons. The molecular formula is C14H19NO4. The summed E-state index contributed by atoms with van der Waals surface area (Å²) in [4.78, 5) is 13.8. The highest BCUT2D eigenvalue weighted by atomic mass is 16.5. The molecule has 1 fully saturated rings. The maximum atomic E-state index is 12.2. The molecular weight excluding hydrogens is 246 g/mol.